The molecule has 2 aromatic heterocycles. The summed E-state index contributed by atoms with van der Waals surface area (Å²) in [6.45, 7) is 4.56. The number of benzene rings is 1. The van der Waals surface area contributed by atoms with Crippen LogP contribution >= 0.6 is 0 Å². The molecule has 3 aromatic rings. The zero-order valence-electron chi connectivity index (χ0n) is 15.8. The maximum Gasteiger partial charge on any atom is 0.256 e. The smallest absolute Gasteiger partial charge is 0.256 e. The molecule has 0 atom stereocenters. The third kappa shape index (κ3) is 3.05. The van der Waals surface area contributed by atoms with Crippen molar-refractivity contribution < 1.29 is 9.18 Å². The van der Waals surface area contributed by atoms with Gasteiger partial charge in [0.25, 0.3) is 5.91 Å². The topological polar surface area (TPSA) is 51.9 Å². The van der Waals surface area contributed by atoms with Gasteiger partial charge in [-0.2, -0.15) is 5.10 Å². The fourth-order valence-corrected chi connectivity index (χ4v) is 3.73. The Morgan fingerprint density at radius 2 is 1.78 bits per heavy atom. The molecule has 1 aliphatic rings. The van der Waals surface area contributed by atoms with Crippen LogP contribution in [0.1, 0.15) is 40.2 Å². The second kappa shape index (κ2) is 6.37. The molecule has 2 heterocycles. The van der Waals surface area contributed by atoms with Gasteiger partial charge in [0.15, 0.2) is 0 Å². The largest absolute Gasteiger partial charge is 0.351 e. The quantitative estimate of drug-likeness (QED) is 0.752. The van der Waals surface area contributed by atoms with E-state index in [9.17, 15) is 9.18 Å². The highest BCUT2D eigenvalue weighted by atomic mass is 19.1. The molecule has 0 spiro atoms. The van der Waals surface area contributed by atoms with Crippen molar-refractivity contribution >= 4 is 5.91 Å². The standard InChI is InChI=1S/C21H23FN4O/c1-14-4-5-15(2)26(14)20-18(12-24-25(20)3)19(27)23-13-21(10-11-21)16-6-8-17(22)9-7-16/h4-9,12H,10-11,13H2,1-3H3,(H,23,27). The molecule has 4 rings (SSSR count). The van der Waals surface area contributed by atoms with E-state index in [0.717, 1.165) is 35.6 Å². The van der Waals surface area contributed by atoms with Gasteiger partial charge < -0.3 is 9.88 Å². The summed E-state index contributed by atoms with van der Waals surface area (Å²) in [7, 11) is 1.84. The molecule has 1 aromatic carbocycles. The first kappa shape index (κ1) is 17.5. The zero-order chi connectivity index (χ0) is 19.2. The van der Waals surface area contributed by atoms with E-state index in [1.54, 1.807) is 10.9 Å². The van der Waals surface area contributed by atoms with Crippen molar-refractivity contribution in [3.05, 3.63) is 70.9 Å². The van der Waals surface area contributed by atoms with E-state index in [-0.39, 0.29) is 17.1 Å². The molecular weight excluding hydrogens is 343 g/mol. The van der Waals surface area contributed by atoms with Crippen LogP contribution in [0.2, 0.25) is 0 Å². The van der Waals surface area contributed by atoms with Gasteiger partial charge in [0.1, 0.15) is 17.2 Å². The highest BCUT2D eigenvalue weighted by molar-refractivity contribution is 5.97. The third-order valence-corrected chi connectivity index (χ3v) is 5.53. The summed E-state index contributed by atoms with van der Waals surface area (Å²) in [6.07, 6.45) is 3.60. The lowest BCUT2D eigenvalue weighted by Gasteiger charge is -2.17. The monoisotopic (exact) mass is 366 g/mol. The minimum atomic E-state index is -0.240. The number of hydrogen-bond acceptors (Lipinski definition) is 2. The summed E-state index contributed by atoms with van der Waals surface area (Å²) in [4.78, 5) is 12.9. The second-order valence-electron chi connectivity index (χ2n) is 7.43. The molecular formula is C21H23FN4O. The number of amides is 1. The van der Waals surface area contributed by atoms with E-state index in [1.165, 1.54) is 12.1 Å². The zero-order valence-corrected chi connectivity index (χ0v) is 15.8. The molecule has 1 saturated carbocycles. The van der Waals surface area contributed by atoms with Gasteiger partial charge in [-0.3, -0.25) is 9.48 Å². The number of nitrogens with zero attached hydrogens (tertiary/aromatic N) is 3. The van der Waals surface area contributed by atoms with Crippen LogP contribution in [0.25, 0.3) is 5.82 Å². The van der Waals surface area contributed by atoms with Crippen LogP contribution in [0.3, 0.4) is 0 Å². The molecule has 0 saturated heterocycles. The summed E-state index contributed by atoms with van der Waals surface area (Å²) >= 11 is 0. The Kier molecular flexibility index (Phi) is 4.13. The molecule has 6 heteroatoms. The van der Waals surface area contributed by atoms with E-state index in [2.05, 4.69) is 10.4 Å². The summed E-state index contributed by atoms with van der Waals surface area (Å²) in [5.74, 6) is 0.383. The molecule has 1 aliphatic carbocycles. The third-order valence-electron chi connectivity index (χ3n) is 5.53. The summed E-state index contributed by atoms with van der Waals surface area (Å²) < 4.78 is 17.0. The molecule has 0 radical (unpaired) electrons. The minimum absolute atomic E-state index is 0.0784. The van der Waals surface area contributed by atoms with Crippen molar-refractivity contribution in [2.75, 3.05) is 6.54 Å². The van der Waals surface area contributed by atoms with Crippen LogP contribution < -0.4 is 5.32 Å². The predicted molar refractivity (Wildman–Crippen MR) is 102 cm³/mol. The van der Waals surface area contributed by atoms with E-state index < -0.39 is 0 Å². The predicted octanol–water partition coefficient (Wildman–Crippen LogP) is 3.43. The maximum absolute atomic E-state index is 13.2. The Morgan fingerprint density at radius 3 is 2.37 bits per heavy atom. The normalized spacial score (nSPS) is 15.0. The molecule has 140 valence electrons. The van der Waals surface area contributed by atoms with Crippen molar-refractivity contribution in [3.63, 3.8) is 0 Å². The lowest BCUT2D eigenvalue weighted by atomic mass is 9.96. The van der Waals surface area contributed by atoms with Crippen molar-refractivity contribution in [1.82, 2.24) is 19.7 Å². The molecule has 1 fully saturated rings. The number of carbonyl (C=O) groups excluding carboxylic acids is 1. The Bertz CT molecular complexity index is 976. The minimum Gasteiger partial charge on any atom is -0.351 e. The highest BCUT2D eigenvalue weighted by Gasteiger charge is 2.44. The van der Waals surface area contributed by atoms with Gasteiger partial charge >= 0.3 is 0 Å². The summed E-state index contributed by atoms with van der Waals surface area (Å²) in [5.41, 5.74) is 3.65. The molecule has 0 unspecified atom stereocenters. The van der Waals surface area contributed by atoms with E-state index in [0.29, 0.717) is 12.1 Å². The first-order valence-corrected chi connectivity index (χ1v) is 9.13. The Balaban J connectivity index is 1.56. The summed E-state index contributed by atoms with van der Waals surface area (Å²) in [6, 6.07) is 10.6. The van der Waals surface area contributed by atoms with E-state index in [4.69, 9.17) is 0 Å². The first-order valence-electron chi connectivity index (χ1n) is 9.13. The average molecular weight is 366 g/mol. The molecule has 0 bridgehead atoms. The van der Waals surface area contributed by atoms with Crippen LogP contribution in [0.15, 0.2) is 42.6 Å². The lowest BCUT2D eigenvalue weighted by molar-refractivity contribution is 0.0949. The molecule has 5 nitrogen and oxygen atoms in total. The SMILES string of the molecule is Cc1ccc(C)n1-c1c(C(=O)NCC2(c3ccc(F)cc3)CC2)cnn1C. The number of aryl methyl sites for hydroxylation is 3. The fourth-order valence-electron chi connectivity index (χ4n) is 3.73. The summed E-state index contributed by atoms with van der Waals surface area (Å²) in [5, 5.41) is 7.37. The maximum atomic E-state index is 13.2. The number of nitrogens with one attached hydrogen (secondary N) is 1. The second-order valence-corrected chi connectivity index (χ2v) is 7.43. The van der Waals surface area contributed by atoms with Gasteiger partial charge in [-0.1, -0.05) is 12.1 Å². The number of aromatic nitrogens is 3. The van der Waals surface area contributed by atoms with E-state index in [1.807, 2.05) is 49.7 Å². The van der Waals surface area contributed by atoms with Crippen LogP contribution in [0, 0.1) is 19.7 Å². The van der Waals surface area contributed by atoms with Gasteiger partial charge in [-0.25, -0.2) is 4.39 Å². The van der Waals surface area contributed by atoms with Gasteiger partial charge in [-0.05, 0) is 56.5 Å². The molecule has 0 aliphatic heterocycles. The van der Waals surface area contributed by atoms with Crippen LogP contribution in [0.4, 0.5) is 4.39 Å². The Labute approximate surface area is 157 Å². The number of hydrogen-bond donors (Lipinski definition) is 1. The highest BCUT2D eigenvalue weighted by Crippen LogP contribution is 2.47. The van der Waals surface area contributed by atoms with Crippen LogP contribution in [0.5, 0.6) is 0 Å². The molecule has 1 amide bonds. The first-order chi connectivity index (χ1) is 12.9. The Hall–Kier alpha value is -2.89. The molecule has 27 heavy (non-hydrogen) atoms. The number of carbonyl (C=O) groups is 1. The van der Waals surface area contributed by atoms with Gasteiger partial charge in [0.2, 0.25) is 0 Å². The number of halogens is 1. The van der Waals surface area contributed by atoms with Gasteiger partial charge in [0.05, 0.1) is 6.20 Å². The average Bonchev–Trinajstić information content (AvgIpc) is 3.25. The Morgan fingerprint density at radius 1 is 1.15 bits per heavy atom. The lowest BCUT2D eigenvalue weighted by Crippen LogP contribution is -2.32. The fraction of sp³-hybridized carbons (Fsp3) is 0.333. The van der Waals surface area contributed by atoms with Crippen molar-refractivity contribution in [1.29, 1.82) is 0 Å². The van der Waals surface area contributed by atoms with Gasteiger partial charge in [-0.15, -0.1) is 0 Å². The molecule has 1 N–H and O–H groups in total. The van der Waals surface area contributed by atoms with Crippen molar-refractivity contribution in [3.8, 4) is 5.82 Å². The van der Waals surface area contributed by atoms with Gasteiger partial charge in [0, 0.05) is 30.4 Å². The van der Waals surface area contributed by atoms with Crippen LogP contribution in [-0.4, -0.2) is 26.8 Å². The number of rotatable bonds is 5. The van der Waals surface area contributed by atoms with Crippen LogP contribution in [-0.2, 0) is 12.5 Å². The van der Waals surface area contributed by atoms with E-state index >= 15 is 0 Å². The van der Waals surface area contributed by atoms with Crippen molar-refractivity contribution in [2.24, 2.45) is 7.05 Å². The van der Waals surface area contributed by atoms with Crippen molar-refractivity contribution in [2.45, 2.75) is 32.1 Å².